The minimum absolute atomic E-state index is 0.612. The first-order chi connectivity index (χ1) is 38.1. The molecule has 78 heavy (non-hydrogen) atoms. The van der Waals surface area contributed by atoms with Crippen LogP contribution in [0.2, 0.25) is 0 Å². The Morgan fingerprint density at radius 2 is 0.179 bits per heavy atom. The van der Waals surface area contributed by atoms with Crippen LogP contribution < -0.4 is 56.8 Å². The summed E-state index contributed by atoms with van der Waals surface area (Å²) in [5.74, 6) is 7.35. The summed E-state index contributed by atoms with van der Waals surface area (Å²) < 4.78 is 71.8. The van der Waals surface area contributed by atoms with Gasteiger partial charge in [0.15, 0.2) is 69.0 Å². The van der Waals surface area contributed by atoms with Gasteiger partial charge in [0.05, 0.1) is 85.3 Å². The molecule has 12 nitrogen and oxygen atoms in total. The SMILES string of the molecule is COc1cc2c3cc(OC)c(OC)cc3c3cc4c(cc3c2cc1OC)c1cc2c3cc(OC)c(OC)cc3c3cc(OC)c(OC)cc3c2cc1c1cc2c3cc(OC)c(OC)cc3c3cc(OC)c(OC)cc3c2cc41. The molecule has 0 heterocycles. The molecule has 13 rings (SSSR count). The standard InChI is InChI=1S/C66H54O12/c1-67-55-19-43-37-13-31-32(14-38(37)44-20-56(68-2)62(74-8)26-50(44)49(43)25-61(55)73-7)34-16-40-42(48-24-60(72-6)66(78-12)30-54(48)52-28-64(76-10)58(70-4)22-46(40)52)18-36(34)35-17-41-39(15-33(31)35)45-21-57(69-3)63(75-9)27-51(45)53-29-65(77-11)59(71-5)23-47(41)53/h13-30H,1-12H3. The first-order valence-corrected chi connectivity index (χ1v) is 25.2. The van der Waals surface area contributed by atoms with E-state index in [1.807, 2.05) is 0 Å². The molecule has 0 spiro atoms. The minimum Gasteiger partial charge on any atom is -0.493 e. The molecule has 0 radical (unpaired) electrons. The Balaban J connectivity index is 1.33. The van der Waals surface area contributed by atoms with Crippen molar-refractivity contribution < 1.29 is 56.8 Å². The summed E-state index contributed by atoms with van der Waals surface area (Å²) in [5.41, 5.74) is 0. The van der Waals surface area contributed by atoms with Gasteiger partial charge in [-0.25, -0.2) is 0 Å². The summed E-state index contributed by atoms with van der Waals surface area (Å²) >= 11 is 0. The summed E-state index contributed by atoms with van der Waals surface area (Å²) in [4.78, 5) is 0. The monoisotopic (exact) mass is 1040 g/mol. The van der Waals surface area contributed by atoms with Gasteiger partial charge < -0.3 is 56.8 Å². The van der Waals surface area contributed by atoms with Crippen molar-refractivity contribution in [1.29, 1.82) is 0 Å². The second kappa shape index (κ2) is 18.1. The Morgan fingerprint density at radius 1 is 0.115 bits per heavy atom. The van der Waals surface area contributed by atoms with Crippen molar-refractivity contribution in [3.05, 3.63) is 109 Å². The van der Waals surface area contributed by atoms with Gasteiger partial charge in [-0.1, -0.05) is 0 Å². The van der Waals surface area contributed by atoms with Gasteiger partial charge in [-0.3, -0.25) is 0 Å². The van der Waals surface area contributed by atoms with Crippen LogP contribution >= 0.6 is 0 Å². The maximum absolute atomic E-state index is 6.02. The van der Waals surface area contributed by atoms with E-state index in [0.29, 0.717) is 69.0 Å². The minimum atomic E-state index is 0.612. The molecule has 0 atom stereocenters. The average Bonchev–Trinajstić information content (AvgIpc) is 3.53. The van der Waals surface area contributed by atoms with Crippen molar-refractivity contribution in [1.82, 2.24) is 0 Å². The summed E-state index contributed by atoms with van der Waals surface area (Å²) in [7, 11) is 20.0. The van der Waals surface area contributed by atoms with Gasteiger partial charge in [0, 0.05) is 0 Å². The molecule has 13 aromatic carbocycles. The normalized spacial score (nSPS) is 11.8. The van der Waals surface area contributed by atoms with E-state index in [-0.39, 0.29) is 0 Å². The first kappa shape index (κ1) is 48.2. The van der Waals surface area contributed by atoms with Gasteiger partial charge in [-0.2, -0.15) is 0 Å². The fourth-order valence-electron chi connectivity index (χ4n) is 12.4. The maximum Gasteiger partial charge on any atom is 0.161 e. The van der Waals surface area contributed by atoms with E-state index in [2.05, 4.69) is 109 Å². The van der Waals surface area contributed by atoms with Crippen LogP contribution in [0.4, 0.5) is 0 Å². The molecule has 0 aromatic heterocycles. The van der Waals surface area contributed by atoms with E-state index in [4.69, 9.17) is 56.8 Å². The highest BCUT2D eigenvalue weighted by Gasteiger charge is 2.24. The Labute approximate surface area is 447 Å². The van der Waals surface area contributed by atoms with Crippen molar-refractivity contribution in [3.8, 4) is 69.0 Å². The largest absolute Gasteiger partial charge is 0.493 e. The van der Waals surface area contributed by atoms with Crippen LogP contribution in [0.5, 0.6) is 69.0 Å². The average molecular weight is 1040 g/mol. The molecule has 0 aliphatic heterocycles. The summed E-state index contributed by atoms with van der Waals surface area (Å²) in [6.45, 7) is 0. The zero-order valence-corrected chi connectivity index (χ0v) is 45.3. The molecule has 0 saturated carbocycles. The Morgan fingerprint density at radius 3 is 0.244 bits per heavy atom. The molecule has 0 amide bonds. The van der Waals surface area contributed by atoms with Crippen molar-refractivity contribution in [3.63, 3.8) is 0 Å². The Hall–Kier alpha value is -9.42. The van der Waals surface area contributed by atoms with Crippen molar-refractivity contribution in [2.75, 3.05) is 85.3 Å². The number of methoxy groups -OCH3 is 12. The van der Waals surface area contributed by atoms with Gasteiger partial charge in [0.2, 0.25) is 0 Å². The molecule has 12 heteroatoms. The quantitative estimate of drug-likeness (QED) is 0.0858. The highest BCUT2D eigenvalue weighted by Crippen LogP contribution is 2.52. The summed E-state index contributed by atoms with van der Waals surface area (Å²) in [6.07, 6.45) is 0. The maximum atomic E-state index is 6.02. The van der Waals surface area contributed by atoms with E-state index >= 15 is 0 Å². The summed E-state index contributed by atoms with van der Waals surface area (Å²) in [6, 6.07) is 38.8. The molecule has 13 aromatic rings. The molecule has 0 saturated heterocycles. The number of fused-ring (bicyclic) bond motifs is 24. The van der Waals surface area contributed by atoms with E-state index in [1.54, 1.807) is 85.3 Å². The van der Waals surface area contributed by atoms with Crippen LogP contribution in [0, 0.1) is 0 Å². The Bertz CT molecular complexity index is 3970. The van der Waals surface area contributed by atoms with Crippen LogP contribution in [-0.4, -0.2) is 85.3 Å². The fraction of sp³-hybridized carbons (Fsp3) is 0.182. The predicted octanol–water partition coefficient (Wildman–Crippen LogP) is 15.6. The highest BCUT2D eigenvalue weighted by atomic mass is 16.5. The summed E-state index contributed by atoms with van der Waals surface area (Å²) in [5, 5.41) is 24.0. The van der Waals surface area contributed by atoms with Crippen LogP contribution in [0.3, 0.4) is 0 Å². The number of hydrogen-bond acceptors (Lipinski definition) is 12. The Kier molecular flexibility index (Phi) is 11.2. The second-order valence-corrected chi connectivity index (χ2v) is 19.3. The first-order valence-electron chi connectivity index (χ1n) is 25.2. The van der Waals surface area contributed by atoms with Gasteiger partial charge in [0.1, 0.15) is 0 Å². The van der Waals surface area contributed by atoms with Crippen LogP contribution in [0.1, 0.15) is 0 Å². The molecule has 0 N–H and O–H groups in total. The smallest absolute Gasteiger partial charge is 0.161 e. The van der Waals surface area contributed by atoms with Crippen molar-refractivity contribution in [2.24, 2.45) is 0 Å². The molecule has 0 bridgehead atoms. The zero-order chi connectivity index (χ0) is 54.0. The predicted molar refractivity (Wildman–Crippen MR) is 315 cm³/mol. The third-order valence-corrected chi connectivity index (χ3v) is 16.1. The second-order valence-electron chi connectivity index (χ2n) is 19.3. The zero-order valence-electron chi connectivity index (χ0n) is 45.3. The van der Waals surface area contributed by atoms with Gasteiger partial charge in [0.25, 0.3) is 0 Å². The lowest BCUT2D eigenvalue weighted by Gasteiger charge is -2.21. The van der Waals surface area contributed by atoms with Crippen LogP contribution in [0.25, 0.3) is 129 Å². The van der Waals surface area contributed by atoms with Crippen LogP contribution in [-0.2, 0) is 0 Å². The highest BCUT2D eigenvalue weighted by molar-refractivity contribution is 6.39. The third-order valence-electron chi connectivity index (χ3n) is 16.1. The van der Waals surface area contributed by atoms with Crippen molar-refractivity contribution >= 4 is 129 Å². The molecule has 0 aliphatic carbocycles. The van der Waals surface area contributed by atoms with E-state index in [9.17, 15) is 0 Å². The lowest BCUT2D eigenvalue weighted by Crippen LogP contribution is -1.96. The molecular formula is C66H54O12. The van der Waals surface area contributed by atoms with E-state index < -0.39 is 0 Å². The fourth-order valence-corrected chi connectivity index (χ4v) is 12.4. The number of rotatable bonds is 12. The lowest BCUT2D eigenvalue weighted by atomic mass is 9.84. The number of ether oxygens (including phenoxy) is 12. The topological polar surface area (TPSA) is 111 Å². The van der Waals surface area contributed by atoms with E-state index in [0.717, 1.165) is 129 Å². The lowest BCUT2D eigenvalue weighted by molar-refractivity contribution is 0.355. The van der Waals surface area contributed by atoms with Crippen molar-refractivity contribution in [2.45, 2.75) is 0 Å². The molecular weight excluding hydrogens is 985 g/mol. The molecule has 0 fully saturated rings. The molecule has 0 unspecified atom stereocenters. The van der Waals surface area contributed by atoms with Crippen LogP contribution in [0.15, 0.2) is 109 Å². The number of benzene rings is 13. The van der Waals surface area contributed by atoms with Gasteiger partial charge in [-0.05, 0) is 238 Å². The molecule has 0 aliphatic rings. The third kappa shape index (κ3) is 6.71. The van der Waals surface area contributed by atoms with Gasteiger partial charge >= 0.3 is 0 Å². The molecule has 390 valence electrons. The number of hydrogen-bond donors (Lipinski definition) is 0. The van der Waals surface area contributed by atoms with E-state index in [1.165, 1.54) is 0 Å². The van der Waals surface area contributed by atoms with Gasteiger partial charge in [-0.15, -0.1) is 0 Å².